The summed E-state index contributed by atoms with van der Waals surface area (Å²) in [4.78, 5) is 19.9. The smallest absolute Gasteiger partial charge is 0.331 e. The number of carbonyl (C=O) groups is 1. The Balaban J connectivity index is 1.80. The first kappa shape index (κ1) is 20.7. The molecule has 6 nitrogen and oxygen atoms in total. The van der Waals surface area contributed by atoms with Gasteiger partial charge >= 0.3 is 6.18 Å². The van der Waals surface area contributed by atoms with Gasteiger partial charge in [0.1, 0.15) is 0 Å². The third kappa shape index (κ3) is 4.19. The van der Waals surface area contributed by atoms with Crippen molar-refractivity contribution in [2.24, 2.45) is 10.9 Å². The highest BCUT2D eigenvalue weighted by molar-refractivity contribution is 6.34. The number of halogens is 4. The Morgan fingerprint density at radius 1 is 1.21 bits per heavy atom. The lowest BCUT2D eigenvalue weighted by atomic mass is 10.1. The molecule has 10 heteroatoms. The number of rotatable bonds is 2. The largest absolute Gasteiger partial charge is 0.417 e. The minimum atomic E-state index is -4.65. The molecule has 1 amide bonds. The molecule has 3 rings (SSSR count). The topological polar surface area (TPSA) is 74.8 Å². The summed E-state index contributed by atoms with van der Waals surface area (Å²) in [7, 11) is 0. The van der Waals surface area contributed by atoms with Crippen LogP contribution in [0.15, 0.2) is 60.1 Å². The van der Waals surface area contributed by atoms with E-state index < -0.39 is 22.7 Å². The van der Waals surface area contributed by atoms with Crippen molar-refractivity contribution in [3.63, 3.8) is 0 Å². The summed E-state index contributed by atoms with van der Waals surface area (Å²) in [5.41, 5.74) is 0.000341. The summed E-state index contributed by atoms with van der Waals surface area (Å²) in [5.74, 6) is 5.40. The highest BCUT2D eigenvalue weighted by Crippen LogP contribution is 2.36. The molecule has 0 saturated carbocycles. The van der Waals surface area contributed by atoms with Crippen LogP contribution in [0.5, 0.6) is 0 Å². The van der Waals surface area contributed by atoms with Crippen molar-refractivity contribution >= 4 is 23.3 Å². The zero-order valence-electron chi connectivity index (χ0n) is 15.2. The quantitative estimate of drug-likeness (QED) is 0.348. The summed E-state index contributed by atoms with van der Waals surface area (Å²) < 4.78 is 39.2. The first-order chi connectivity index (χ1) is 13.7. The van der Waals surface area contributed by atoms with E-state index in [9.17, 15) is 18.0 Å². The number of aromatic nitrogens is 1. The molecule has 29 heavy (non-hydrogen) atoms. The number of carbonyl (C=O) groups excluding carboxylic acids is 1. The standard InChI is InChI=1S/C19H17ClF3N5O/c1-12-11-27(9-10-28(12)17(26-24)13-5-7-25-8-6-13)18(29)14-3-2-4-15(16(14)20)19(21,22)23/h2-8H,1,9-11,24H2/b26-17-. The molecule has 2 aromatic rings. The molecule has 1 aromatic carbocycles. The number of alkyl halides is 3. The number of benzene rings is 1. The lowest BCUT2D eigenvalue weighted by Crippen LogP contribution is -2.49. The Morgan fingerprint density at radius 3 is 2.48 bits per heavy atom. The Hall–Kier alpha value is -3.07. The van der Waals surface area contributed by atoms with Gasteiger partial charge in [-0.05, 0) is 24.3 Å². The molecule has 152 valence electrons. The van der Waals surface area contributed by atoms with Crippen LogP contribution in [-0.2, 0) is 6.18 Å². The Bertz CT molecular complexity index is 962. The predicted molar refractivity (Wildman–Crippen MR) is 103 cm³/mol. The van der Waals surface area contributed by atoms with Crippen LogP contribution in [0.3, 0.4) is 0 Å². The summed E-state index contributed by atoms with van der Waals surface area (Å²) in [6.45, 7) is 4.60. The highest BCUT2D eigenvalue weighted by Gasteiger charge is 2.36. The Morgan fingerprint density at radius 2 is 1.90 bits per heavy atom. The van der Waals surface area contributed by atoms with Crippen molar-refractivity contribution in [3.05, 3.63) is 76.7 Å². The molecule has 2 heterocycles. The first-order valence-corrected chi connectivity index (χ1v) is 8.90. The second-order valence-corrected chi connectivity index (χ2v) is 6.68. The van der Waals surface area contributed by atoms with E-state index in [1.54, 1.807) is 29.4 Å². The van der Waals surface area contributed by atoms with Crippen LogP contribution in [0.4, 0.5) is 13.2 Å². The van der Waals surface area contributed by atoms with Crippen molar-refractivity contribution in [1.29, 1.82) is 0 Å². The third-order valence-electron chi connectivity index (χ3n) is 4.49. The van der Waals surface area contributed by atoms with Gasteiger partial charge in [-0.25, -0.2) is 0 Å². The van der Waals surface area contributed by atoms with E-state index in [0.717, 1.165) is 17.7 Å². The lowest BCUT2D eigenvalue weighted by Gasteiger charge is -2.38. The molecule has 0 atom stereocenters. The molecule has 1 saturated heterocycles. The monoisotopic (exact) mass is 423 g/mol. The van der Waals surface area contributed by atoms with Crippen LogP contribution in [-0.4, -0.2) is 46.2 Å². The third-order valence-corrected chi connectivity index (χ3v) is 4.89. The molecule has 0 aliphatic carbocycles. The van der Waals surface area contributed by atoms with Gasteiger partial charge in [0.05, 0.1) is 22.7 Å². The zero-order chi connectivity index (χ0) is 21.2. The van der Waals surface area contributed by atoms with Crippen LogP contribution in [0.1, 0.15) is 21.5 Å². The van der Waals surface area contributed by atoms with Crippen LogP contribution < -0.4 is 5.84 Å². The molecule has 1 fully saturated rings. The van der Waals surface area contributed by atoms with E-state index in [4.69, 9.17) is 17.4 Å². The molecule has 1 aromatic heterocycles. The maximum Gasteiger partial charge on any atom is 0.417 e. The van der Waals surface area contributed by atoms with E-state index in [1.807, 2.05) is 0 Å². The molecule has 1 aliphatic heterocycles. The number of hydrogen-bond donors (Lipinski definition) is 1. The average molecular weight is 424 g/mol. The minimum absolute atomic E-state index is 0.0928. The fourth-order valence-electron chi connectivity index (χ4n) is 3.08. The minimum Gasteiger partial charge on any atom is -0.331 e. The number of pyridine rings is 1. The second kappa shape index (κ2) is 8.12. The van der Waals surface area contributed by atoms with E-state index in [2.05, 4.69) is 16.7 Å². The van der Waals surface area contributed by atoms with Gasteiger partial charge < -0.3 is 15.6 Å². The summed E-state index contributed by atoms with van der Waals surface area (Å²) in [6, 6.07) is 6.75. The van der Waals surface area contributed by atoms with Gasteiger partial charge in [0.15, 0.2) is 5.84 Å². The van der Waals surface area contributed by atoms with Crippen LogP contribution in [0.25, 0.3) is 0 Å². The fraction of sp³-hybridized carbons (Fsp3) is 0.211. The summed E-state index contributed by atoms with van der Waals surface area (Å²) in [5, 5.41) is 3.21. The van der Waals surface area contributed by atoms with Gasteiger partial charge in [0, 0.05) is 36.7 Å². The number of nitrogens with two attached hydrogens (primary N) is 1. The number of hydrogen-bond acceptors (Lipinski definition) is 4. The van der Waals surface area contributed by atoms with Crippen molar-refractivity contribution in [2.45, 2.75) is 6.18 Å². The Labute approximate surface area is 170 Å². The molecule has 0 unspecified atom stereocenters. The van der Waals surface area contributed by atoms with Gasteiger partial charge in [-0.15, -0.1) is 0 Å². The van der Waals surface area contributed by atoms with Crippen molar-refractivity contribution in [3.8, 4) is 0 Å². The molecular formula is C19H17ClF3N5O. The van der Waals surface area contributed by atoms with Gasteiger partial charge in [-0.1, -0.05) is 24.2 Å². The molecule has 0 spiro atoms. The summed E-state index contributed by atoms with van der Waals surface area (Å²) in [6.07, 6.45) is -1.45. The SMILES string of the molecule is C=C1CN(C(=O)c2cccc(C(F)(F)F)c2Cl)CCN1/C(=N\N)c1ccncc1. The van der Waals surface area contributed by atoms with Crippen molar-refractivity contribution in [1.82, 2.24) is 14.8 Å². The van der Waals surface area contributed by atoms with E-state index in [0.29, 0.717) is 18.1 Å². The number of amides is 1. The van der Waals surface area contributed by atoms with Crippen molar-refractivity contribution < 1.29 is 18.0 Å². The molecule has 0 radical (unpaired) electrons. The van der Waals surface area contributed by atoms with E-state index >= 15 is 0 Å². The molecule has 1 aliphatic rings. The van der Waals surface area contributed by atoms with Gasteiger partial charge in [-0.3, -0.25) is 9.78 Å². The Kier molecular flexibility index (Phi) is 5.78. The maximum atomic E-state index is 13.1. The maximum absolute atomic E-state index is 13.1. The fourth-order valence-corrected chi connectivity index (χ4v) is 3.39. The molecule has 0 bridgehead atoms. The number of hydrazone groups is 1. The second-order valence-electron chi connectivity index (χ2n) is 6.30. The predicted octanol–water partition coefficient (Wildman–Crippen LogP) is 3.35. The number of amidine groups is 1. The van der Waals surface area contributed by atoms with Gasteiger partial charge in [-0.2, -0.15) is 18.3 Å². The van der Waals surface area contributed by atoms with Gasteiger partial charge in [0.25, 0.3) is 5.91 Å². The number of nitrogens with zero attached hydrogens (tertiary/aromatic N) is 4. The van der Waals surface area contributed by atoms with Crippen LogP contribution in [0.2, 0.25) is 5.02 Å². The summed E-state index contributed by atoms with van der Waals surface area (Å²) >= 11 is 5.88. The molecular weight excluding hydrogens is 407 g/mol. The van der Waals surface area contributed by atoms with Crippen LogP contribution >= 0.6 is 11.6 Å². The zero-order valence-corrected chi connectivity index (χ0v) is 15.9. The first-order valence-electron chi connectivity index (χ1n) is 8.52. The highest BCUT2D eigenvalue weighted by atomic mass is 35.5. The van der Waals surface area contributed by atoms with E-state index in [1.165, 1.54) is 11.0 Å². The average Bonchev–Trinajstić information content (AvgIpc) is 2.69. The number of piperazine rings is 1. The van der Waals surface area contributed by atoms with Gasteiger partial charge in [0.2, 0.25) is 0 Å². The lowest BCUT2D eigenvalue weighted by molar-refractivity contribution is -0.137. The normalized spacial score (nSPS) is 15.6. The van der Waals surface area contributed by atoms with E-state index in [-0.39, 0.29) is 18.7 Å². The van der Waals surface area contributed by atoms with Crippen LogP contribution in [0, 0.1) is 0 Å². The van der Waals surface area contributed by atoms with Crippen molar-refractivity contribution in [2.75, 3.05) is 19.6 Å². The molecule has 2 N–H and O–H groups in total.